The summed E-state index contributed by atoms with van der Waals surface area (Å²) in [5.74, 6) is 0.511. The summed E-state index contributed by atoms with van der Waals surface area (Å²) >= 11 is 1.46. The number of nitrogens with one attached hydrogen (secondary N) is 1. The fraction of sp³-hybridized carbons (Fsp3) is 0.0714. The molecule has 0 atom stereocenters. The van der Waals surface area contributed by atoms with E-state index in [0.717, 1.165) is 16.2 Å². The first kappa shape index (κ1) is 12.7. The first-order valence-electron chi connectivity index (χ1n) is 6.04. The highest BCUT2D eigenvalue weighted by Gasteiger charge is 2.13. The molecule has 6 heteroatoms. The molecule has 0 radical (unpaired) electrons. The molecule has 1 N–H and O–H groups in total. The van der Waals surface area contributed by atoms with E-state index in [0.29, 0.717) is 11.3 Å². The monoisotopic (exact) mass is 285 g/mol. The molecular weight excluding hydrogens is 274 g/mol. The minimum absolute atomic E-state index is 0.149. The maximum absolute atomic E-state index is 10.9. The number of para-hydroxylation sites is 3. The molecule has 3 aromatic rings. The smallest absolute Gasteiger partial charge is 0.273 e. The molecule has 20 heavy (non-hydrogen) atoms. The number of H-pyrrole nitrogens is 1. The lowest BCUT2D eigenvalue weighted by Gasteiger charge is -2.00. The van der Waals surface area contributed by atoms with E-state index in [4.69, 9.17) is 0 Å². The maximum atomic E-state index is 10.9. The van der Waals surface area contributed by atoms with Crippen LogP contribution in [0.1, 0.15) is 5.56 Å². The number of nitro groups is 1. The molecule has 0 aliphatic rings. The number of nitro benzene ring substituents is 1. The highest BCUT2D eigenvalue weighted by Crippen LogP contribution is 2.27. The van der Waals surface area contributed by atoms with Crippen molar-refractivity contribution in [2.45, 2.75) is 10.9 Å². The molecule has 0 aliphatic heterocycles. The van der Waals surface area contributed by atoms with Gasteiger partial charge in [0.1, 0.15) is 0 Å². The Bertz CT molecular complexity index is 737. The van der Waals surface area contributed by atoms with Gasteiger partial charge in [-0.3, -0.25) is 10.1 Å². The largest absolute Gasteiger partial charge is 0.333 e. The Hall–Kier alpha value is -2.34. The first-order chi connectivity index (χ1) is 9.74. The van der Waals surface area contributed by atoms with Crippen LogP contribution >= 0.6 is 11.8 Å². The molecule has 2 aromatic carbocycles. The molecular formula is C14H11N3O2S. The summed E-state index contributed by atoms with van der Waals surface area (Å²) in [5, 5.41) is 11.7. The second-order valence-corrected chi connectivity index (χ2v) is 5.20. The van der Waals surface area contributed by atoms with Crippen LogP contribution in [0.4, 0.5) is 5.69 Å². The van der Waals surface area contributed by atoms with Crippen LogP contribution in [0.15, 0.2) is 53.7 Å². The third-order valence-corrected chi connectivity index (χ3v) is 3.84. The van der Waals surface area contributed by atoms with Gasteiger partial charge < -0.3 is 4.98 Å². The normalized spacial score (nSPS) is 10.8. The van der Waals surface area contributed by atoms with Gasteiger partial charge in [-0.05, 0) is 12.1 Å². The summed E-state index contributed by atoms with van der Waals surface area (Å²) < 4.78 is 0. The van der Waals surface area contributed by atoms with Crippen LogP contribution in [0.3, 0.4) is 0 Å². The predicted octanol–water partition coefficient (Wildman–Crippen LogP) is 3.76. The van der Waals surface area contributed by atoms with Crippen molar-refractivity contribution in [3.05, 3.63) is 64.2 Å². The van der Waals surface area contributed by atoms with Crippen LogP contribution in [-0.4, -0.2) is 14.9 Å². The van der Waals surface area contributed by atoms with Crippen LogP contribution in [0.5, 0.6) is 0 Å². The number of hydrogen-bond donors (Lipinski definition) is 1. The van der Waals surface area contributed by atoms with Crippen molar-refractivity contribution in [2.24, 2.45) is 0 Å². The van der Waals surface area contributed by atoms with Crippen molar-refractivity contribution < 1.29 is 4.92 Å². The topological polar surface area (TPSA) is 71.8 Å². The second kappa shape index (κ2) is 5.34. The van der Waals surface area contributed by atoms with E-state index in [9.17, 15) is 10.1 Å². The lowest BCUT2D eigenvalue weighted by atomic mass is 10.2. The average molecular weight is 285 g/mol. The third kappa shape index (κ3) is 2.50. The number of hydrogen-bond acceptors (Lipinski definition) is 4. The Morgan fingerprint density at radius 3 is 2.70 bits per heavy atom. The van der Waals surface area contributed by atoms with Gasteiger partial charge >= 0.3 is 0 Å². The van der Waals surface area contributed by atoms with Gasteiger partial charge in [0.2, 0.25) is 0 Å². The molecule has 0 saturated heterocycles. The van der Waals surface area contributed by atoms with Crippen molar-refractivity contribution >= 4 is 28.5 Å². The van der Waals surface area contributed by atoms with E-state index in [1.165, 1.54) is 17.8 Å². The van der Waals surface area contributed by atoms with E-state index in [1.807, 2.05) is 30.3 Å². The van der Waals surface area contributed by atoms with E-state index >= 15 is 0 Å². The zero-order chi connectivity index (χ0) is 13.9. The quantitative estimate of drug-likeness (QED) is 0.450. The molecule has 0 saturated carbocycles. The SMILES string of the molecule is O=[N+]([O-])c1ccccc1CSc1nc2ccccc2[nH]1. The third-order valence-electron chi connectivity index (χ3n) is 2.92. The van der Waals surface area contributed by atoms with Gasteiger partial charge in [0.05, 0.1) is 16.0 Å². The number of thioether (sulfide) groups is 1. The number of fused-ring (bicyclic) bond motifs is 1. The summed E-state index contributed by atoms with van der Waals surface area (Å²) in [5.41, 5.74) is 2.72. The van der Waals surface area contributed by atoms with Crippen molar-refractivity contribution in [3.8, 4) is 0 Å². The molecule has 1 aromatic heterocycles. The van der Waals surface area contributed by atoms with Crippen molar-refractivity contribution in [1.29, 1.82) is 0 Å². The summed E-state index contributed by atoms with van der Waals surface area (Å²) in [7, 11) is 0. The number of imidazole rings is 1. The number of aromatic amines is 1. The Labute approximate surface area is 119 Å². The van der Waals surface area contributed by atoms with Gasteiger partial charge in [0.15, 0.2) is 5.16 Å². The van der Waals surface area contributed by atoms with E-state index in [2.05, 4.69) is 9.97 Å². The fourth-order valence-corrected chi connectivity index (χ4v) is 2.84. The summed E-state index contributed by atoms with van der Waals surface area (Å²) in [6, 6.07) is 14.5. The first-order valence-corrected chi connectivity index (χ1v) is 7.02. The Morgan fingerprint density at radius 1 is 1.15 bits per heavy atom. The molecule has 0 aliphatic carbocycles. The standard InChI is InChI=1S/C14H11N3O2S/c18-17(19)13-8-4-1-5-10(13)9-20-14-15-11-6-2-3-7-12(11)16-14/h1-8H,9H2,(H,15,16). The fourth-order valence-electron chi connectivity index (χ4n) is 1.95. The minimum Gasteiger partial charge on any atom is -0.333 e. The summed E-state index contributed by atoms with van der Waals surface area (Å²) in [6.07, 6.45) is 0. The van der Waals surface area contributed by atoms with E-state index in [-0.39, 0.29) is 10.6 Å². The number of nitrogens with zero attached hydrogens (tertiary/aromatic N) is 2. The lowest BCUT2D eigenvalue weighted by Crippen LogP contribution is -1.93. The molecule has 5 nitrogen and oxygen atoms in total. The molecule has 100 valence electrons. The van der Waals surface area contributed by atoms with Crippen molar-refractivity contribution in [2.75, 3.05) is 0 Å². The molecule has 0 bridgehead atoms. The average Bonchev–Trinajstić information content (AvgIpc) is 2.88. The second-order valence-electron chi connectivity index (χ2n) is 4.23. The van der Waals surface area contributed by atoms with Crippen LogP contribution in [0, 0.1) is 10.1 Å². The zero-order valence-electron chi connectivity index (χ0n) is 10.4. The predicted molar refractivity (Wildman–Crippen MR) is 78.8 cm³/mol. The van der Waals surface area contributed by atoms with Crippen molar-refractivity contribution in [3.63, 3.8) is 0 Å². The van der Waals surface area contributed by atoms with Gasteiger partial charge in [0.25, 0.3) is 5.69 Å². The minimum atomic E-state index is -0.353. The number of aromatic nitrogens is 2. The van der Waals surface area contributed by atoms with Crippen molar-refractivity contribution in [1.82, 2.24) is 9.97 Å². The van der Waals surface area contributed by atoms with Crippen LogP contribution in [0.2, 0.25) is 0 Å². The number of rotatable bonds is 4. The van der Waals surface area contributed by atoms with E-state index < -0.39 is 0 Å². The zero-order valence-corrected chi connectivity index (χ0v) is 11.3. The molecule has 0 unspecified atom stereocenters. The maximum Gasteiger partial charge on any atom is 0.273 e. The van der Waals surface area contributed by atoms with Gasteiger partial charge in [0, 0.05) is 17.4 Å². The van der Waals surface area contributed by atoms with Gasteiger partial charge in [-0.2, -0.15) is 0 Å². The van der Waals surface area contributed by atoms with Gasteiger partial charge in [-0.1, -0.05) is 42.1 Å². The van der Waals surface area contributed by atoms with Gasteiger partial charge in [-0.15, -0.1) is 0 Å². The highest BCUT2D eigenvalue weighted by molar-refractivity contribution is 7.98. The summed E-state index contributed by atoms with van der Waals surface area (Å²) in [6.45, 7) is 0. The molecule has 1 heterocycles. The lowest BCUT2D eigenvalue weighted by molar-refractivity contribution is -0.385. The van der Waals surface area contributed by atoms with Crippen LogP contribution in [0.25, 0.3) is 11.0 Å². The Balaban J connectivity index is 1.81. The van der Waals surface area contributed by atoms with Crippen LogP contribution in [-0.2, 0) is 5.75 Å². The highest BCUT2D eigenvalue weighted by atomic mass is 32.2. The Morgan fingerprint density at radius 2 is 1.90 bits per heavy atom. The number of benzene rings is 2. The van der Waals surface area contributed by atoms with E-state index in [1.54, 1.807) is 12.1 Å². The Kier molecular flexibility index (Phi) is 3.39. The van der Waals surface area contributed by atoms with Gasteiger partial charge in [-0.25, -0.2) is 4.98 Å². The summed E-state index contributed by atoms with van der Waals surface area (Å²) in [4.78, 5) is 18.2. The molecule has 0 amide bonds. The molecule has 0 fully saturated rings. The molecule has 0 spiro atoms. The molecule has 3 rings (SSSR count). The van der Waals surface area contributed by atoms with Crippen LogP contribution < -0.4 is 0 Å².